The maximum absolute atomic E-state index is 12.7. The number of hydrogen-bond acceptors (Lipinski definition) is 6. The van der Waals surface area contributed by atoms with E-state index in [4.69, 9.17) is 9.47 Å². The van der Waals surface area contributed by atoms with E-state index in [9.17, 15) is 4.79 Å². The van der Waals surface area contributed by atoms with E-state index >= 15 is 0 Å². The topological polar surface area (TPSA) is 78.3 Å². The molecule has 0 saturated carbocycles. The van der Waals surface area contributed by atoms with Crippen LogP contribution in [-0.2, 0) is 21.6 Å². The van der Waals surface area contributed by atoms with Crippen LogP contribution in [0.3, 0.4) is 0 Å². The minimum atomic E-state index is -0.549. The Kier molecular flexibility index (Phi) is 6.30. The van der Waals surface area contributed by atoms with Gasteiger partial charge in [0.2, 0.25) is 5.95 Å². The smallest absolute Gasteiger partial charge is 0.338 e. The average Bonchev–Trinajstić information content (AvgIpc) is 3.24. The van der Waals surface area contributed by atoms with Gasteiger partial charge in [0.25, 0.3) is 0 Å². The molecule has 0 bridgehead atoms. The number of aromatic nitrogens is 3. The highest BCUT2D eigenvalue weighted by Crippen LogP contribution is 2.40. The van der Waals surface area contributed by atoms with E-state index in [1.165, 1.54) is 19.0 Å². The number of methoxy groups -OCH3 is 1. The number of esters is 1. The highest BCUT2D eigenvalue weighted by Gasteiger charge is 2.36. The molecule has 1 N–H and O–H groups in total. The number of rotatable bonds is 5. The van der Waals surface area contributed by atoms with E-state index in [1.54, 1.807) is 4.68 Å². The van der Waals surface area contributed by atoms with Gasteiger partial charge in [-0.2, -0.15) is 10.1 Å². The molecule has 0 spiro atoms. The lowest BCUT2D eigenvalue weighted by atomic mass is 9.87. The van der Waals surface area contributed by atoms with Crippen LogP contribution in [0.15, 0.2) is 64.5 Å². The highest BCUT2D eigenvalue weighted by molar-refractivity contribution is 9.10. The van der Waals surface area contributed by atoms with E-state index in [0.29, 0.717) is 29.6 Å². The Morgan fingerprint density at radius 1 is 1.18 bits per heavy atom. The number of nitrogens with one attached hydrogen (secondary N) is 1. The number of ether oxygens (including phenoxy) is 2. The van der Waals surface area contributed by atoms with Gasteiger partial charge in [0, 0.05) is 15.7 Å². The second-order valence-corrected chi connectivity index (χ2v) is 9.92. The summed E-state index contributed by atoms with van der Waals surface area (Å²) in [4.78, 5) is 17.0. The standard InChI is InChI=1S/C25H27BrN4O3/c1-15-21(23(31)32-5)22(30-24(29-15)27-14-28-30)19-12-18(26)10-11-20(19)33-13-16-6-8-17(9-7-16)25(2,3)4/h6-12,14,22H,13H2,1-5H3,(H,27,28,29). The van der Waals surface area contributed by atoms with Gasteiger partial charge in [0.15, 0.2) is 0 Å². The van der Waals surface area contributed by atoms with Crippen LogP contribution in [0, 0.1) is 0 Å². The molecule has 1 aliphatic rings. The van der Waals surface area contributed by atoms with Crippen molar-refractivity contribution in [2.24, 2.45) is 0 Å². The lowest BCUT2D eigenvalue weighted by Gasteiger charge is -2.29. The molecule has 0 radical (unpaired) electrons. The van der Waals surface area contributed by atoms with Gasteiger partial charge < -0.3 is 14.8 Å². The summed E-state index contributed by atoms with van der Waals surface area (Å²) in [7, 11) is 1.37. The van der Waals surface area contributed by atoms with Crippen molar-refractivity contribution in [1.29, 1.82) is 0 Å². The largest absolute Gasteiger partial charge is 0.489 e. The van der Waals surface area contributed by atoms with Gasteiger partial charge >= 0.3 is 5.97 Å². The van der Waals surface area contributed by atoms with Crippen molar-refractivity contribution in [2.75, 3.05) is 12.4 Å². The minimum Gasteiger partial charge on any atom is -0.489 e. The van der Waals surface area contributed by atoms with Crippen molar-refractivity contribution < 1.29 is 14.3 Å². The van der Waals surface area contributed by atoms with E-state index in [1.807, 2.05) is 25.1 Å². The molecule has 1 unspecified atom stereocenters. The van der Waals surface area contributed by atoms with Crippen LogP contribution in [-0.4, -0.2) is 27.8 Å². The number of fused-ring (bicyclic) bond motifs is 1. The van der Waals surface area contributed by atoms with Crippen LogP contribution in [0.25, 0.3) is 0 Å². The first-order valence-electron chi connectivity index (χ1n) is 10.7. The molecular weight excluding hydrogens is 484 g/mol. The van der Waals surface area contributed by atoms with E-state index < -0.39 is 12.0 Å². The molecule has 33 heavy (non-hydrogen) atoms. The quantitative estimate of drug-likeness (QED) is 0.464. The Balaban J connectivity index is 1.70. The first kappa shape index (κ1) is 23.0. The lowest BCUT2D eigenvalue weighted by Crippen LogP contribution is -2.29. The van der Waals surface area contributed by atoms with Crippen molar-refractivity contribution in [2.45, 2.75) is 45.8 Å². The van der Waals surface area contributed by atoms with E-state index in [-0.39, 0.29) is 5.41 Å². The number of nitrogens with zero attached hydrogens (tertiary/aromatic N) is 3. The number of anilines is 1. The number of halogens is 1. The third-order valence-corrected chi connectivity index (χ3v) is 6.17. The molecule has 2 heterocycles. The van der Waals surface area contributed by atoms with Gasteiger partial charge in [-0.25, -0.2) is 9.48 Å². The Morgan fingerprint density at radius 2 is 1.91 bits per heavy atom. The summed E-state index contributed by atoms with van der Waals surface area (Å²) in [5.74, 6) is 0.768. The molecule has 7 nitrogen and oxygen atoms in total. The van der Waals surface area contributed by atoms with Gasteiger partial charge in [-0.15, -0.1) is 0 Å². The fraction of sp³-hybridized carbons (Fsp3) is 0.320. The highest BCUT2D eigenvalue weighted by atomic mass is 79.9. The van der Waals surface area contributed by atoms with Crippen molar-refractivity contribution in [3.63, 3.8) is 0 Å². The van der Waals surface area contributed by atoms with Gasteiger partial charge in [0.1, 0.15) is 24.7 Å². The third-order valence-electron chi connectivity index (χ3n) is 5.68. The number of allylic oxidation sites excluding steroid dienone is 1. The predicted octanol–water partition coefficient (Wildman–Crippen LogP) is 5.38. The van der Waals surface area contributed by atoms with Crippen molar-refractivity contribution in [3.8, 4) is 5.75 Å². The van der Waals surface area contributed by atoms with Gasteiger partial charge in [-0.1, -0.05) is 61.0 Å². The monoisotopic (exact) mass is 510 g/mol. The molecule has 3 aromatic rings. The molecule has 1 aliphatic heterocycles. The number of hydrogen-bond donors (Lipinski definition) is 1. The second-order valence-electron chi connectivity index (χ2n) is 9.00. The molecule has 0 fully saturated rings. The van der Waals surface area contributed by atoms with Crippen LogP contribution in [0.4, 0.5) is 5.95 Å². The zero-order valence-electron chi connectivity index (χ0n) is 19.3. The first-order valence-corrected chi connectivity index (χ1v) is 11.5. The second kappa shape index (κ2) is 9.02. The van der Waals surface area contributed by atoms with Crippen LogP contribution in [0.1, 0.15) is 50.4 Å². The average molecular weight is 511 g/mol. The molecule has 8 heteroatoms. The summed E-state index contributed by atoms with van der Waals surface area (Å²) in [5.41, 5.74) is 4.32. The normalized spacial score (nSPS) is 15.6. The van der Waals surface area contributed by atoms with Crippen molar-refractivity contribution in [3.05, 3.63) is 81.2 Å². The van der Waals surface area contributed by atoms with Crippen LogP contribution >= 0.6 is 15.9 Å². The van der Waals surface area contributed by atoms with Crippen LogP contribution < -0.4 is 10.1 Å². The predicted molar refractivity (Wildman–Crippen MR) is 130 cm³/mol. The summed E-state index contributed by atoms with van der Waals surface area (Å²) in [6.07, 6.45) is 1.46. The van der Waals surface area contributed by atoms with E-state index in [0.717, 1.165) is 15.6 Å². The fourth-order valence-corrected chi connectivity index (χ4v) is 4.26. The summed E-state index contributed by atoms with van der Waals surface area (Å²) in [6.45, 7) is 8.80. The summed E-state index contributed by atoms with van der Waals surface area (Å²) < 4.78 is 13.9. The fourth-order valence-electron chi connectivity index (χ4n) is 3.88. The number of carbonyl (C=O) groups excluding carboxylic acids is 1. The van der Waals surface area contributed by atoms with Crippen LogP contribution in [0.5, 0.6) is 5.75 Å². The van der Waals surface area contributed by atoms with Crippen LogP contribution in [0.2, 0.25) is 0 Å². The molecule has 172 valence electrons. The number of carbonyl (C=O) groups is 1. The lowest BCUT2D eigenvalue weighted by molar-refractivity contribution is -0.136. The van der Waals surface area contributed by atoms with E-state index in [2.05, 4.69) is 76.4 Å². The van der Waals surface area contributed by atoms with Crippen molar-refractivity contribution in [1.82, 2.24) is 14.8 Å². The summed E-state index contributed by atoms with van der Waals surface area (Å²) >= 11 is 3.56. The maximum Gasteiger partial charge on any atom is 0.338 e. The molecule has 4 rings (SSSR count). The molecule has 0 aliphatic carbocycles. The van der Waals surface area contributed by atoms with Gasteiger partial charge in [-0.3, -0.25) is 0 Å². The molecule has 1 aromatic heterocycles. The molecular formula is C25H27BrN4O3. The maximum atomic E-state index is 12.7. The Morgan fingerprint density at radius 3 is 2.58 bits per heavy atom. The minimum absolute atomic E-state index is 0.0945. The third kappa shape index (κ3) is 4.66. The van der Waals surface area contributed by atoms with Gasteiger partial charge in [-0.05, 0) is 41.7 Å². The SMILES string of the molecule is COC(=O)C1=C(C)Nc2ncnn2C1c1cc(Br)ccc1OCc1ccc(C(C)(C)C)cc1. The van der Waals surface area contributed by atoms with Crippen molar-refractivity contribution >= 4 is 27.8 Å². The van der Waals surface area contributed by atoms with Gasteiger partial charge in [0.05, 0.1) is 12.7 Å². The molecule has 2 aromatic carbocycles. The molecule has 1 atom stereocenters. The zero-order chi connectivity index (χ0) is 23.8. The first-order chi connectivity index (χ1) is 15.7. The molecule has 0 amide bonds. The Labute approximate surface area is 201 Å². The summed E-state index contributed by atoms with van der Waals surface area (Å²) in [6, 6.07) is 13.6. The molecule has 0 saturated heterocycles. The summed E-state index contributed by atoms with van der Waals surface area (Å²) in [5, 5.41) is 7.50. The zero-order valence-corrected chi connectivity index (χ0v) is 20.9. The number of benzene rings is 2. The Hall–Kier alpha value is -3.13. The Bertz CT molecular complexity index is 1210.